The number of rotatable bonds is 7. The number of nitrogens with one attached hydrogen (secondary N) is 1. The number of nitrogens with two attached hydrogens (primary N) is 1. The number of hydrogen-bond acceptors (Lipinski definition) is 5. The second-order valence-corrected chi connectivity index (χ2v) is 6.44. The third-order valence-electron chi connectivity index (χ3n) is 4.53. The Kier molecular flexibility index (Phi) is 6.54. The van der Waals surface area contributed by atoms with Crippen molar-refractivity contribution in [2.24, 2.45) is 11.7 Å². The Morgan fingerprint density at radius 3 is 2.79 bits per heavy atom. The van der Waals surface area contributed by atoms with E-state index in [2.05, 4.69) is 5.32 Å². The maximum absolute atomic E-state index is 12.3. The van der Waals surface area contributed by atoms with Crippen molar-refractivity contribution in [2.45, 2.75) is 38.6 Å². The minimum atomic E-state index is -0.420. The lowest BCUT2D eigenvalue weighted by Gasteiger charge is -2.34. The molecule has 132 valence electrons. The van der Waals surface area contributed by atoms with Crippen molar-refractivity contribution in [1.82, 2.24) is 4.90 Å². The van der Waals surface area contributed by atoms with E-state index in [1.54, 1.807) is 12.1 Å². The summed E-state index contributed by atoms with van der Waals surface area (Å²) in [5.74, 6) is 0.590. The topological polar surface area (TPSA) is 102 Å². The maximum Gasteiger partial charge on any atom is 0.269 e. The Bertz CT molecular complexity index is 559. The number of carbonyl (C=O) groups excluding carboxylic acids is 1. The highest BCUT2D eigenvalue weighted by atomic mass is 16.6. The molecule has 24 heavy (non-hydrogen) atoms. The van der Waals surface area contributed by atoms with Gasteiger partial charge in [0.1, 0.15) is 0 Å². The van der Waals surface area contributed by atoms with E-state index >= 15 is 0 Å². The predicted molar refractivity (Wildman–Crippen MR) is 93.8 cm³/mol. The van der Waals surface area contributed by atoms with Crippen LogP contribution in [-0.4, -0.2) is 41.4 Å². The number of carbonyl (C=O) groups is 1. The molecule has 3 N–H and O–H groups in total. The van der Waals surface area contributed by atoms with Crippen LogP contribution in [0.25, 0.3) is 0 Å². The standard InChI is InChI=1S/C17H26N4O3/c1-13(18)14-4-3-11-20(12-14)17(22)5-2-10-19-15-6-8-16(9-7-15)21(23)24/h6-9,13-14,19H,2-5,10-12,18H2,1H3. The predicted octanol–water partition coefficient (Wildman–Crippen LogP) is 2.37. The molecule has 2 atom stereocenters. The second-order valence-electron chi connectivity index (χ2n) is 6.44. The molecule has 1 fully saturated rings. The number of hydrogen-bond donors (Lipinski definition) is 2. The average Bonchev–Trinajstić information content (AvgIpc) is 2.59. The zero-order valence-electron chi connectivity index (χ0n) is 14.1. The van der Waals surface area contributed by atoms with E-state index in [9.17, 15) is 14.9 Å². The number of likely N-dealkylation sites (tertiary alicyclic amines) is 1. The zero-order chi connectivity index (χ0) is 17.5. The van der Waals surface area contributed by atoms with Crippen LogP contribution >= 0.6 is 0 Å². The number of nitrogens with zero attached hydrogens (tertiary/aromatic N) is 2. The number of nitro benzene ring substituents is 1. The highest BCUT2D eigenvalue weighted by Crippen LogP contribution is 2.20. The van der Waals surface area contributed by atoms with Crippen LogP contribution in [0, 0.1) is 16.0 Å². The van der Waals surface area contributed by atoms with Crippen molar-refractivity contribution in [3.8, 4) is 0 Å². The molecule has 0 aromatic heterocycles. The van der Waals surface area contributed by atoms with Crippen LogP contribution in [0.2, 0.25) is 0 Å². The van der Waals surface area contributed by atoms with Gasteiger partial charge in [0.25, 0.3) is 5.69 Å². The van der Waals surface area contributed by atoms with Crippen LogP contribution in [0.4, 0.5) is 11.4 Å². The molecule has 1 saturated heterocycles. The molecule has 0 saturated carbocycles. The first kappa shape index (κ1) is 18.2. The van der Waals surface area contributed by atoms with Gasteiger partial charge in [-0.05, 0) is 44.2 Å². The van der Waals surface area contributed by atoms with Gasteiger partial charge in [0.2, 0.25) is 5.91 Å². The molecule has 7 nitrogen and oxygen atoms in total. The SMILES string of the molecule is CC(N)C1CCCN(C(=O)CCCNc2ccc([N+](=O)[O-])cc2)C1. The summed E-state index contributed by atoms with van der Waals surface area (Å²) >= 11 is 0. The first-order valence-electron chi connectivity index (χ1n) is 8.49. The molecule has 1 amide bonds. The molecule has 0 radical (unpaired) electrons. The van der Waals surface area contributed by atoms with Gasteiger partial charge in [-0.2, -0.15) is 0 Å². The van der Waals surface area contributed by atoms with Crippen molar-refractivity contribution in [1.29, 1.82) is 0 Å². The van der Waals surface area contributed by atoms with Crippen molar-refractivity contribution < 1.29 is 9.72 Å². The monoisotopic (exact) mass is 334 g/mol. The van der Waals surface area contributed by atoms with Gasteiger partial charge < -0.3 is 16.0 Å². The Hall–Kier alpha value is -2.15. The summed E-state index contributed by atoms with van der Waals surface area (Å²) in [5, 5.41) is 13.8. The van der Waals surface area contributed by atoms with Crippen LogP contribution in [0.5, 0.6) is 0 Å². The van der Waals surface area contributed by atoms with E-state index in [1.165, 1.54) is 12.1 Å². The maximum atomic E-state index is 12.3. The molecule has 7 heteroatoms. The molecule has 2 unspecified atom stereocenters. The summed E-state index contributed by atoms with van der Waals surface area (Å²) in [7, 11) is 0. The summed E-state index contributed by atoms with van der Waals surface area (Å²) in [4.78, 5) is 24.4. The molecule has 2 rings (SSSR count). The van der Waals surface area contributed by atoms with Crippen LogP contribution in [0.3, 0.4) is 0 Å². The number of benzene rings is 1. The summed E-state index contributed by atoms with van der Waals surface area (Å²) in [5.41, 5.74) is 6.85. The van der Waals surface area contributed by atoms with Crippen LogP contribution in [0.15, 0.2) is 24.3 Å². The van der Waals surface area contributed by atoms with Gasteiger partial charge in [0.15, 0.2) is 0 Å². The van der Waals surface area contributed by atoms with E-state index in [4.69, 9.17) is 5.73 Å². The molecular weight excluding hydrogens is 308 g/mol. The summed E-state index contributed by atoms with van der Waals surface area (Å²) < 4.78 is 0. The second kappa shape index (κ2) is 8.63. The van der Waals surface area contributed by atoms with E-state index in [0.717, 1.165) is 38.0 Å². The van der Waals surface area contributed by atoms with Crippen molar-refractivity contribution in [3.05, 3.63) is 34.4 Å². The van der Waals surface area contributed by atoms with Gasteiger partial charge in [-0.25, -0.2) is 0 Å². The van der Waals surface area contributed by atoms with Crippen molar-refractivity contribution in [2.75, 3.05) is 25.0 Å². The lowest BCUT2D eigenvalue weighted by molar-refractivity contribution is -0.384. The quantitative estimate of drug-likeness (QED) is 0.453. The minimum absolute atomic E-state index is 0.0736. The van der Waals surface area contributed by atoms with Gasteiger partial charge in [-0.1, -0.05) is 0 Å². The average molecular weight is 334 g/mol. The zero-order valence-corrected chi connectivity index (χ0v) is 14.1. The smallest absolute Gasteiger partial charge is 0.269 e. The van der Waals surface area contributed by atoms with Crippen LogP contribution < -0.4 is 11.1 Å². The number of piperidine rings is 1. The first-order chi connectivity index (χ1) is 11.5. The van der Waals surface area contributed by atoms with Crippen LogP contribution in [-0.2, 0) is 4.79 Å². The lowest BCUT2D eigenvalue weighted by Crippen LogP contribution is -2.45. The molecule has 1 aromatic carbocycles. The fraction of sp³-hybridized carbons (Fsp3) is 0.588. The van der Waals surface area contributed by atoms with E-state index in [-0.39, 0.29) is 17.6 Å². The minimum Gasteiger partial charge on any atom is -0.385 e. The van der Waals surface area contributed by atoms with E-state index in [1.807, 2.05) is 11.8 Å². The molecule has 0 aliphatic carbocycles. The number of non-ortho nitro benzene ring substituents is 1. The largest absolute Gasteiger partial charge is 0.385 e. The summed E-state index contributed by atoms with van der Waals surface area (Å²) in [6, 6.07) is 6.42. The van der Waals surface area contributed by atoms with Gasteiger partial charge in [-0.15, -0.1) is 0 Å². The Balaban J connectivity index is 1.70. The Morgan fingerprint density at radius 1 is 1.46 bits per heavy atom. The van der Waals surface area contributed by atoms with Gasteiger partial charge in [0, 0.05) is 49.9 Å². The highest BCUT2D eigenvalue weighted by Gasteiger charge is 2.25. The molecule has 1 aliphatic heterocycles. The summed E-state index contributed by atoms with van der Waals surface area (Å²) in [6.45, 7) is 4.27. The third-order valence-corrected chi connectivity index (χ3v) is 4.53. The fourth-order valence-corrected chi connectivity index (χ4v) is 3.00. The number of nitro groups is 1. The third kappa shape index (κ3) is 5.19. The Labute approximate surface area is 142 Å². The number of amides is 1. The van der Waals surface area contributed by atoms with Crippen LogP contribution in [0.1, 0.15) is 32.6 Å². The molecule has 1 aliphatic rings. The van der Waals surface area contributed by atoms with Gasteiger partial charge in [-0.3, -0.25) is 14.9 Å². The van der Waals surface area contributed by atoms with Gasteiger partial charge >= 0.3 is 0 Å². The molecule has 0 spiro atoms. The highest BCUT2D eigenvalue weighted by molar-refractivity contribution is 5.76. The molecule has 1 heterocycles. The Morgan fingerprint density at radius 2 is 2.17 bits per heavy atom. The van der Waals surface area contributed by atoms with Crippen molar-refractivity contribution in [3.63, 3.8) is 0 Å². The molecule has 1 aromatic rings. The normalized spacial score (nSPS) is 18.9. The first-order valence-corrected chi connectivity index (χ1v) is 8.49. The lowest BCUT2D eigenvalue weighted by atomic mass is 9.92. The van der Waals surface area contributed by atoms with Crippen molar-refractivity contribution >= 4 is 17.3 Å². The van der Waals surface area contributed by atoms with E-state index < -0.39 is 4.92 Å². The fourth-order valence-electron chi connectivity index (χ4n) is 3.00. The van der Waals surface area contributed by atoms with Gasteiger partial charge in [0.05, 0.1) is 4.92 Å². The molecule has 0 bridgehead atoms. The molecular formula is C17H26N4O3. The number of anilines is 1. The van der Waals surface area contributed by atoms with E-state index in [0.29, 0.717) is 18.9 Å². The summed E-state index contributed by atoms with van der Waals surface area (Å²) in [6.07, 6.45) is 3.36.